The Labute approximate surface area is 148 Å². The number of carbonyl (C=O) groups excluding carboxylic acids is 2. The Bertz CT molecular complexity index is 614. The molecule has 3 rings (SSSR count). The summed E-state index contributed by atoms with van der Waals surface area (Å²) in [6.07, 6.45) is 9.12. The van der Waals surface area contributed by atoms with Crippen LogP contribution in [0.3, 0.4) is 0 Å². The van der Waals surface area contributed by atoms with Crippen molar-refractivity contribution in [2.45, 2.75) is 57.6 Å². The minimum Gasteiger partial charge on any atom is -0.390 e. The summed E-state index contributed by atoms with van der Waals surface area (Å²) in [4.78, 5) is 30.5. The van der Waals surface area contributed by atoms with E-state index in [0.29, 0.717) is 30.8 Å². The van der Waals surface area contributed by atoms with Gasteiger partial charge in [0.05, 0.1) is 12.3 Å². The fourth-order valence-electron chi connectivity index (χ4n) is 3.86. The lowest BCUT2D eigenvalue weighted by molar-refractivity contribution is -0.130. The molecule has 1 aromatic heterocycles. The average Bonchev–Trinajstić information content (AvgIpc) is 3.31. The van der Waals surface area contributed by atoms with Gasteiger partial charge in [0.25, 0.3) is 5.91 Å². The number of aromatic nitrogens is 1. The molecule has 1 unspecified atom stereocenters. The van der Waals surface area contributed by atoms with E-state index in [9.17, 15) is 9.59 Å². The molecule has 0 bridgehead atoms. The van der Waals surface area contributed by atoms with Crippen molar-refractivity contribution < 1.29 is 14.7 Å². The Balaban J connectivity index is 1.45. The normalized spacial score (nSPS) is 20.8. The summed E-state index contributed by atoms with van der Waals surface area (Å²) in [5, 5.41) is 12.1. The molecule has 6 nitrogen and oxygen atoms in total. The number of hydrogen-bond donors (Lipinski definition) is 2. The third-order valence-corrected chi connectivity index (χ3v) is 5.36. The van der Waals surface area contributed by atoms with Gasteiger partial charge >= 0.3 is 0 Å². The molecule has 2 heterocycles. The zero-order chi connectivity index (χ0) is 17.6. The molecule has 2 fully saturated rings. The molecule has 0 spiro atoms. The van der Waals surface area contributed by atoms with Crippen molar-refractivity contribution >= 4 is 11.8 Å². The highest BCUT2D eigenvalue weighted by molar-refractivity contribution is 5.94. The van der Waals surface area contributed by atoms with Crippen LogP contribution in [0.5, 0.6) is 0 Å². The molecule has 136 valence electrons. The van der Waals surface area contributed by atoms with E-state index in [4.69, 9.17) is 5.11 Å². The summed E-state index contributed by atoms with van der Waals surface area (Å²) in [5.41, 5.74) is 0.966. The summed E-state index contributed by atoms with van der Waals surface area (Å²) in [6.45, 7) is 1.12. The van der Waals surface area contributed by atoms with E-state index in [-0.39, 0.29) is 24.5 Å². The number of pyridine rings is 1. The zero-order valence-corrected chi connectivity index (χ0v) is 14.6. The van der Waals surface area contributed by atoms with Crippen LogP contribution in [0.1, 0.15) is 61.0 Å². The molecule has 1 aliphatic carbocycles. The molecule has 1 aliphatic heterocycles. The van der Waals surface area contributed by atoms with Crippen LogP contribution in [0.25, 0.3) is 0 Å². The van der Waals surface area contributed by atoms with Gasteiger partial charge in [0.15, 0.2) is 0 Å². The molecule has 1 atom stereocenters. The number of rotatable bonds is 6. The van der Waals surface area contributed by atoms with E-state index in [2.05, 4.69) is 10.3 Å². The number of nitrogens with zero attached hydrogens (tertiary/aromatic N) is 2. The predicted octanol–water partition coefficient (Wildman–Crippen LogP) is 1.87. The van der Waals surface area contributed by atoms with Crippen molar-refractivity contribution in [2.75, 3.05) is 13.1 Å². The third-order valence-electron chi connectivity index (χ3n) is 5.36. The Morgan fingerprint density at radius 1 is 1.28 bits per heavy atom. The second kappa shape index (κ2) is 8.43. The minimum atomic E-state index is -0.187. The highest BCUT2D eigenvalue weighted by Crippen LogP contribution is 2.29. The van der Waals surface area contributed by atoms with Crippen LogP contribution < -0.4 is 5.32 Å². The van der Waals surface area contributed by atoms with Crippen molar-refractivity contribution in [1.29, 1.82) is 0 Å². The fourth-order valence-corrected chi connectivity index (χ4v) is 3.86. The largest absolute Gasteiger partial charge is 0.390 e. The summed E-state index contributed by atoms with van der Waals surface area (Å²) in [7, 11) is 0. The molecule has 0 radical (unpaired) electrons. The number of hydrogen-bond acceptors (Lipinski definition) is 4. The Hall–Kier alpha value is -1.95. The van der Waals surface area contributed by atoms with Gasteiger partial charge in [0.2, 0.25) is 5.91 Å². The van der Waals surface area contributed by atoms with E-state index in [1.54, 1.807) is 12.1 Å². The fraction of sp³-hybridized carbons (Fsp3) is 0.632. The lowest BCUT2D eigenvalue weighted by Gasteiger charge is -2.18. The maximum atomic E-state index is 12.4. The van der Waals surface area contributed by atoms with Crippen LogP contribution in [-0.2, 0) is 11.4 Å². The van der Waals surface area contributed by atoms with Crippen LogP contribution in [0, 0.1) is 5.92 Å². The van der Waals surface area contributed by atoms with Gasteiger partial charge < -0.3 is 15.3 Å². The van der Waals surface area contributed by atoms with Crippen molar-refractivity contribution in [3.63, 3.8) is 0 Å². The average molecular weight is 345 g/mol. The first-order chi connectivity index (χ1) is 12.2. The zero-order valence-electron chi connectivity index (χ0n) is 14.6. The van der Waals surface area contributed by atoms with E-state index >= 15 is 0 Å². The lowest BCUT2D eigenvalue weighted by Crippen LogP contribution is -2.38. The molecule has 2 aliphatic rings. The van der Waals surface area contributed by atoms with Gasteiger partial charge in [0, 0.05) is 37.3 Å². The molecule has 2 N–H and O–H groups in total. The van der Waals surface area contributed by atoms with Gasteiger partial charge in [-0.15, -0.1) is 0 Å². The van der Waals surface area contributed by atoms with Crippen LogP contribution >= 0.6 is 0 Å². The highest BCUT2D eigenvalue weighted by atomic mass is 16.3. The number of nitrogens with one attached hydrogen (secondary N) is 1. The molecule has 25 heavy (non-hydrogen) atoms. The van der Waals surface area contributed by atoms with E-state index in [1.807, 2.05) is 4.90 Å². The molecular formula is C19H27N3O3. The number of aliphatic hydroxyl groups excluding tert-OH is 1. The lowest BCUT2D eigenvalue weighted by atomic mass is 10.0. The van der Waals surface area contributed by atoms with Gasteiger partial charge in [0.1, 0.15) is 0 Å². The predicted molar refractivity (Wildman–Crippen MR) is 93.8 cm³/mol. The van der Waals surface area contributed by atoms with Crippen LogP contribution in [0.15, 0.2) is 18.3 Å². The van der Waals surface area contributed by atoms with Gasteiger partial charge in [-0.2, -0.15) is 0 Å². The summed E-state index contributed by atoms with van der Waals surface area (Å²) >= 11 is 0. The summed E-state index contributed by atoms with van der Waals surface area (Å²) in [6, 6.07) is 3.22. The monoisotopic (exact) mass is 345 g/mol. The molecule has 1 saturated heterocycles. The molecule has 1 aromatic rings. The molecule has 1 saturated carbocycles. The van der Waals surface area contributed by atoms with E-state index < -0.39 is 0 Å². The highest BCUT2D eigenvalue weighted by Gasteiger charge is 2.28. The number of carbonyl (C=O) groups is 2. The number of likely N-dealkylation sites (tertiary alicyclic amines) is 1. The first kappa shape index (κ1) is 17.9. The second-order valence-electron chi connectivity index (χ2n) is 7.18. The van der Waals surface area contributed by atoms with E-state index in [0.717, 1.165) is 18.8 Å². The first-order valence-electron chi connectivity index (χ1n) is 9.30. The Morgan fingerprint density at radius 2 is 2.08 bits per heavy atom. The topological polar surface area (TPSA) is 82.5 Å². The summed E-state index contributed by atoms with van der Waals surface area (Å²) < 4.78 is 0. The summed E-state index contributed by atoms with van der Waals surface area (Å²) in [5.74, 6) is 0.770. The smallest absolute Gasteiger partial charge is 0.251 e. The maximum Gasteiger partial charge on any atom is 0.251 e. The Morgan fingerprint density at radius 3 is 2.84 bits per heavy atom. The standard InChI is InChI=1S/C19H27N3O3/c23-13-17-11-15(7-9-20-17)19(25)21-16-8-10-22(12-16)18(24)6-5-14-3-1-2-4-14/h7,9,11,14,16,23H,1-6,8,10,12-13H2,(H,21,25). The third kappa shape index (κ3) is 4.78. The molecule has 0 aromatic carbocycles. The second-order valence-corrected chi connectivity index (χ2v) is 7.18. The van der Waals surface area contributed by atoms with Gasteiger partial charge in [-0.25, -0.2) is 0 Å². The van der Waals surface area contributed by atoms with Gasteiger partial charge in [-0.05, 0) is 30.9 Å². The van der Waals surface area contributed by atoms with Crippen molar-refractivity contribution in [2.24, 2.45) is 5.92 Å². The maximum absolute atomic E-state index is 12.4. The van der Waals surface area contributed by atoms with E-state index in [1.165, 1.54) is 31.9 Å². The van der Waals surface area contributed by atoms with Crippen LogP contribution in [0.4, 0.5) is 0 Å². The van der Waals surface area contributed by atoms with Crippen LogP contribution in [0.2, 0.25) is 0 Å². The SMILES string of the molecule is O=C(NC1CCN(C(=O)CCC2CCCC2)C1)c1ccnc(CO)c1. The quantitative estimate of drug-likeness (QED) is 0.825. The molecule has 6 heteroatoms. The van der Waals surface area contributed by atoms with Crippen molar-refractivity contribution in [1.82, 2.24) is 15.2 Å². The number of aliphatic hydroxyl groups is 1. The minimum absolute atomic E-state index is 0.00586. The van der Waals surface area contributed by atoms with Crippen LogP contribution in [-0.4, -0.2) is 45.9 Å². The van der Waals surface area contributed by atoms with Gasteiger partial charge in [-0.3, -0.25) is 14.6 Å². The molecule has 2 amide bonds. The molecular weight excluding hydrogens is 318 g/mol. The Kier molecular flexibility index (Phi) is 6.02. The van der Waals surface area contributed by atoms with Crippen molar-refractivity contribution in [3.8, 4) is 0 Å². The van der Waals surface area contributed by atoms with Gasteiger partial charge in [-0.1, -0.05) is 25.7 Å². The first-order valence-corrected chi connectivity index (χ1v) is 9.30. The van der Waals surface area contributed by atoms with Crippen molar-refractivity contribution in [3.05, 3.63) is 29.6 Å². The number of amides is 2.